The van der Waals surface area contributed by atoms with Crippen molar-refractivity contribution >= 4 is 33.5 Å². The van der Waals surface area contributed by atoms with E-state index in [-0.39, 0.29) is 6.04 Å². The van der Waals surface area contributed by atoms with E-state index in [0.29, 0.717) is 5.56 Å². The minimum atomic E-state index is -0.0468. The van der Waals surface area contributed by atoms with Crippen LogP contribution in [-0.4, -0.2) is 5.84 Å². The van der Waals surface area contributed by atoms with E-state index in [1.165, 1.54) is 5.56 Å². The first-order chi connectivity index (χ1) is 16.7. The summed E-state index contributed by atoms with van der Waals surface area (Å²) in [5.41, 5.74) is 7.52. The Morgan fingerprint density at radius 2 is 1.71 bits per heavy atom. The highest BCUT2D eigenvalue weighted by Gasteiger charge is 2.22. The number of aryl methyl sites for hydroxylation is 1. The van der Waals surface area contributed by atoms with E-state index in [4.69, 9.17) is 9.41 Å². The molecule has 0 aliphatic carbocycles. The summed E-state index contributed by atoms with van der Waals surface area (Å²) < 4.78 is 6.16. The van der Waals surface area contributed by atoms with E-state index in [2.05, 4.69) is 54.7 Å². The third kappa shape index (κ3) is 3.44. The van der Waals surface area contributed by atoms with Crippen molar-refractivity contribution in [3.05, 3.63) is 125 Å². The number of fused-ring (bicyclic) bond motifs is 3. The number of benzene rings is 4. The molecule has 6 rings (SSSR count). The molecule has 0 saturated heterocycles. The SMILES string of the molecule is Cc1ccc2oc3cccc(C4=NC(c5ccc(C#N)cc5)=CC(c5ccccc5)N4)c3c2c1. The highest BCUT2D eigenvalue weighted by Crippen LogP contribution is 2.34. The molecule has 0 spiro atoms. The van der Waals surface area contributed by atoms with Crippen molar-refractivity contribution in [1.29, 1.82) is 5.26 Å². The zero-order valence-corrected chi connectivity index (χ0v) is 18.6. The number of nitrogens with one attached hydrogen (secondary N) is 1. The Morgan fingerprint density at radius 1 is 0.882 bits per heavy atom. The molecule has 1 unspecified atom stereocenters. The monoisotopic (exact) mass is 439 g/mol. The summed E-state index contributed by atoms with van der Waals surface area (Å²) in [6, 6.07) is 32.4. The maximum Gasteiger partial charge on any atom is 0.136 e. The number of nitrogens with zero attached hydrogens (tertiary/aromatic N) is 2. The molecule has 0 amide bonds. The molecule has 4 heteroatoms. The smallest absolute Gasteiger partial charge is 0.136 e. The average Bonchev–Trinajstić information content (AvgIpc) is 3.27. The number of amidine groups is 1. The van der Waals surface area contributed by atoms with Gasteiger partial charge < -0.3 is 9.73 Å². The van der Waals surface area contributed by atoms with Gasteiger partial charge in [0.2, 0.25) is 0 Å². The fourth-order valence-electron chi connectivity index (χ4n) is 4.53. The van der Waals surface area contributed by atoms with Crippen LogP contribution in [0.15, 0.2) is 106 Å². The van der Waals surface area contributed by atoms with Crippen LogP contribution in [0.1, 0.15) is 33.9 Å². The van der Waals surface area contributed by atoms with Crippen LogP contribution in [0, 0.1) is 18.3 Å². The molecule has 0 saturated carbocycles. The Bertz CT molecular complexity index is 1630. The Balaban J connectivity index is 1.55. The van der Waals surface area contributed by atoms with Crippen LogP contribution in [0.4, 0.5) is 0 Å². The van der Waals surface area contributed by atoms with Gasteiger partial charge in [-0.1, -0.05) is 66.2 Å². The van der Waals surface area contributed by atoms with Gasteiger partial charge in [0.1, 0.15) is 17.0 Å². The predicted molar refractivity (Wildman–Crippen MR) is 136 cm³/mol. The number of nitriles is 1. The van der Waals surface area contributed by atoms with Crippen LogP contribution in [0.5, 0.6) is 0 Å². The molecule has 0 fully saturated rings. The predicted octanol–water partition coefficient (Wildman–Crippen LogP) is 6.90. The second kappa shape index (κ2) is 8.06. The van der Waals surface area contributed by atoms with Gasteiger partial charge in [0, 0.05) is 21.9 Å². The van der Waals surface area contributed by atoms with Crippen molar-refractivity contribution < 1.29 is 4.42 Å². The highest BCUT2D eigenvalue weighted by molar-refractivity contribution is 6.19. The van der Waals surface area contributed by atoms with Crippen LogP contribution in [0.3, 0.4) is 0 Å². The van der Waals surface area contributed by atoms with E-state index in [0.717, 1.165) is 50.2 Å². The van der Waals surface area contributed by atoms with Gasteiger partial charge in [-0.25, -0.2) is 4.99 Å². The quantitative estimate of drug-likeness (QED) is 0.333. The van der Waals surface area contributed by atoms with Crippen LogP contribution in [-0.2, 0) is 0 Å². The topological polar surface area (TPSA) is 61.3 Å². The van der Waals surface area contributed by atoms with Gasteiger partial charge >= 0.3 is 0 Å². The van der Waals surface area contributed by atoms with Gasteiger partial charge in [0.15, 0.2) is 0 Å². The fourth-order valence-corrected chi connectivity index (χ4v) is 4.53. The van der Waals surface area contributed by atoms with Gasteiger partial charge in [-0.3, -0.25) is 0 Å². The second-order valence-electron chi connectivity index (χ2n) is 8.51. The van der Waals surface area contributed by atoms with Gasteiger partial charge in [0.05, 0.1) is 23.4 Å². The lowest BCUT2D eigenvalue weighted by Crippen LogP contribution is -2.31. The average molecular weight is 440 g/mol. The summed E-state index contributed by atoms with van der Waals surface area (Å²) in [7, 11) is 0. The summed E-state index contributed by atoms with van der Waals surface area (Å²) in [6.45, 7) is 2.09. The van der Waals surface area contributed by atoms with Crippen LogP contribution in [0.2, 0.25) is 0 Å². The largest absolute Gasteiger partial charge is 0.456 e. The lowest BCUT2D eigenvalue weighted by molar-refractivity contribution is 0.668. The number of hydrogen-bond acceptors (Lipinski definition) is 4. The van der Waals surface area contributed by atoms with Gasteiger partial charge in [0.25, 0.3) is 0 Å². The first-order valence-electron chi connectivity index (χ1n) is 11.2. The van der Waals surface area contributed by atoms with E-state index < -0.39 is 0 Å². The molecule has 1 atom stereocenters. The van der Waals surface area contributed by atoms with Crippen LogP contribution >= 0.6 is 0 Å². The Kier molecular flexibility index (Phi) is 4.75. The molecular weight excluding hydrogens is 418 g/mol. The minimum Gasteiger partial charge on any atom is -0.456 e. The zero-order valence-electron chi connectivity index (χ0n) is 18.6. The summed E-state index contributed by atoms with van der Waals surface area (Å²) in [4.78, 5) is 5.05. The molecule has 4 nitrogen and oxygen atoms in total. The van der Waals surface area contributed by atoms with E-state index in [1.807, 2.05) is 60.7 Å². The molecule has 1 aliphatic heterocycles. The molecule has 5 aromatic rings. The molecule has 2 heterocycles. The maximum atomic E-state index is 9.20. The first-order valence-corrected chi connectivity index (χ1v) is 11.2. The summed E-state index contributed by atoms with van der Waals surface area (Å²) >= 11 is 0. The molecule has 34 heavy (non-hydrogen) atoms. The van der Waals surface area contributed by atoms with E-state index in [1.54, 1.807) is 0 Å². The molecule has 162 valence electrons. The molecule has 1 N–H and O–H groups in total. The highest BCUT2D eigenvalue weighted by atomic mass is 16.3. The van der Waals surface area contributed by atoms with Crippen LogP contribution in [0.25, 0.3) is 27.6 Å². The number of aliphatic imine (C=N–C) groups is 1. The summed E-state index contributed by atoms with van der Waals surface area (Å²) in [5.74, 6) is 0.797. The van der Waals surface area contributed by atoms with Gasteiger partial charge in [-0.05, 0) is 48.9 Å². The van der Waals surface area contributed by atoms with Crippen molar-refractivity contribution in [2.75, 3.05) is 0 Å². The Labute approximate surface area is 197 Å². The molecule has 1 aliphatic rings. The lowest BCUT2D eigenvalue weighted by Gasteiger charge is -2.25. The third-order valence-electron chi connectivity index (χ3n) is 6.22. The minimum absolute atomic E-state index is 0.0468. The number of furan rings is 1. The standard InChI is InChI=1S/C30H21N3O/c1-19-10-15-27-24(16-19)29-23(8-5-9-28(29)34-27)30-32-25(21-6-3-2-4-7-21)17-26(33-30)22-13-11-20(18-31)12-14-22/h2-17,25H,1H3,(H,32,33). The normalized spacial score (nSPS) is 15.5. The van der Waals surface area contributed by atoms with Crippen LogP contribution < -0.4 is 5.32 Å². The Hall–Kier alpha value is -4.62. The summed E-state index contributed by atoms with van der Waals surface area (Å²) in [5, 5.41) is 15.0. The molecule has 1 aromatic heterocycles. The van der Waals surface area contributed by atoms with Crippen molar-refractivity contribution in [2.24, 2.45) is 4.99 Å². The lowest BCUT2D eigenvalue weighted by atomic mass is 9.98. The number of hydrogen-bond donors (Lipinski definition) is 1. The summed E-state index contributed by atoms with van der Waals surface area (Å²) in [6.07, 6.45) is 2.14. The van der Waals surface area contributed by atoms with Crippen molar-refractivity contribution in [1.82, 2.24) is 5.32 Å². The van der Waals surface area contributed by atoms with E-state index in [9.17, 15) is 5.26 Å². The van der Waals surface area contributed by atoms with Crippen molar-refractivity contribution in [2.45, 2.75) is 13.0 Å². The second-order valence-corrected chi connectivity index (χ2v) is 8.51. The molecular formula is C30H21N3O. The molecule has 0 radical (unpaired) electrons. The van der Waals surface area contributed by atoms with E-state index >= 15 is 0 Å². The number of rotatable bonds is 3. The van der Waals surface area contributed by atoms with Gasteiger partial charge in [-0.15, -0.1) is 0 Å². The third-order valence-corrected chi connectivity index (χ3v) is 6.22. The Morgan fingerprint density at radius 3 is 2.50 bits per heavy atom. The zero-order chi connectivity index (χ0) is 23.1. The first kappa shape index (κ1) is 20.0. The molecule has 4 aromatic carbocycles. The van der Waals surface area contributed by atoms with Crippen molar-refractivity contribution in [3.8, 4) is 6.07 Å². The fraction of sp³-hybridized carbons (Fsp3) is 0.0667. The van der Waals surface area contributed by atoms with Gasteiger partial charge in [-0.2, -0.15) is 5.26 Å². The van der Waals surface area contributed by atoms with Crippen molar-refractivity contribution in [3.63, 3.8) is 0 Å². The molecule has 0 bridgehead atoms. The maximum absolute atomic E-state index is 9.20.